The molecule has 30 heavy (non-hydrogen) atoms. The van der Waals surface area contributed by atoms with Crippen LogP contribution < -0.4 is 10.6 Å². The zero-order valence-corrected chi connectivity index (χ0v) is 18.1. The van der Waals surface area contributed by atoms with Gasteiger partial charge in [0, 0.05) is 44.6 Å². The van der Waals surface area contributed by atoms with Crippen LogP contribution in [0.15, 0.2) is 24.3 Å². The van der Waals surface area contributed by atoms with Gasteiger partial charge in [-0.25, -0.2) is 0 Å². The van der Waals surface area contributed by atoms with E-state index in [1.807, 2.05) is 12.1 Å². The van der Waals surface area contributed by atoms with Gasteiger partial charge in [-0.15, -0.1) is 0 Å². The zero-order valence-electron chi connectivity index (χ0n) is 18.1. The van der Waals surface area contributed by atoms with Gasteiger partial charge in [-0.05, 0) is 74.0 Å². The summed E-state index contributed by atoms with van der Waals surface area (Å²) in [6, 6.07) is 7.25. The van der Waals surface area contributed by atoms with Crippen LogP contribution in [0.1, 0.15) is 60.9 Å². The Kier molecular flexibility index (Phi) is 5.85. The summed E-state index contributed by atoms with van der Waals surface area (Å²) in [5.74, 6) is 2.28. The van der Waals surface area contributed by atoms with E-state index in [0.29, 0.717) is 18.7 Å². The van der Waals surface area contributed by atoms with Crippen LogP contribution in [-0.2, 0) is 16.1 Å². The molecule has 0 spiro atoms. The van der Waals surface area contributed by atoms with E-state index in [0.717, 1.165) is 42.6 Å². The molecule has 0 aromatic heterocycles. The second-order valence-electron chi connectivity index (χ2n) is 9.88. The molecular weight excluding hydrogens is 378 g/mol. The highest BCUT2D eigenvalue weighted by Gasteiger charge is 2.54. The third-order valence-corrected chi connectivity index (χ3v) is 7.25. The first kappa shape index (κ1) is 20.9. The van der Waals surface area contributed by atoms with Crippen LogP contribution >= 0.6 is 0 Å². The maximum absolute atomic E-state index is 12.9. The Morgan fingerprint density at radius 2 is 1.50 bits per heavy atom. The quantitative estimate of drug-likeness (QED) is 0.724. The van der Waals surface area contributed by atoms with Gasteiger partial charge in [-0.2, -0.15) is 0 Å². The molecule has 0 atom stereocenters. The van der Waals surface area contributed by atoms with Gasteiger partial charge in [0.25, 0.3) is 5.91 Å². The number of nitrogens with zero attached hydrogens (tertiary/aromatic N) is 1. The average Bonchev–Trinajstić information content (AvgIpc) is 2.71. The van der Waals surface area contributed by atoms with Crippen molar-refractivity contribution < 1.29 is 14.4 Å². The first-order valence-electron chi connectivity index (χ1n) is 11.2. The predicted molar refractivity (Wildman–Crippen MR) is 115 cm³/mol. The molecule has 2 N–H and O–H groups in total. The summed E-state index contributed by atoms with van der Waals surface area (Å²) < 4.78 is 0. The molecule has 4 fully saturated rings. The summed E-state index contributed by atoms with van der Waals surface area (Å²) >= 11 is 0. The van der Waals surface area contributed by atoms with Crippen LogP contribution in [0.25, 0.3) is 0 Å². The highest BCUT2D eigenvalue weighted by Crippen LogP contribution is 2.60. The summed E-state index contributed by atoms with van der Waals surface area (Å²) in [4.78, 5) is 38.6. The van der Waals surface area contributed by atoms with Gasteiger partial charge < -0.3 is 15.5 Å². The van der Waals surface area contributed by atoms with Crippen molar-refractivity contribution in [2.45, 2.75) is 51.5 Å². The second-order valence-corrected chi connectivity index (χ2v) is 9.88. The van der Waals surface area contributed by atoms with Gasteiger partial charge in [-0.3, -0.25) is 14.4 Å². The molecule has 0 aliphatic heterocycles. The summed E-state index contributed by atoms with van der Waals surface area (Å²) in [6.45, 7) is 0.806. The molecule has 1 aromatic carbocycles. The number of carbonyl (C=O) groups excluding carboxylic acids is 3. The maximum atomic E-state index is 12.9. The highest BCUT2D eigenvalue weighted by atomic mass is 16.2. The molecule has 5 rings (SSSR count). The average molecular weight is 412 g/mol. The van der Waals surface area contributed by atoms with E-state index >= 15 is 0 Å². The first-order chi connectivity index (χ1) is 14.3. The van der Waals surface area contributed by atoms with Crippen LogP contribution in [0.2, 0.25) is 0 Å². The summed E-state index contributed by atoms with van der Waals surface area (Å²) in [5.41, 5.74) is 1.41. The Labute approximate surface area is 178 Å². The van der Waals surface area contributed by atoms with Gasteiger partial charge in [0.15, 0.2) is 0 Å². The molecule has 3 amide bonds. The normalized spacial score (nSPS) is 28.8. The number of nitrogens with one attached hydrogen (secondary N) is 2. The van der Waals surface area contributed by atoms with E-state index in [2.05, 4.69) is 10.6 Å². The number of hydrogen-bond donors (Lipinski definition) is 2. The smallest absolute Gasteiger partial charge is 0.253 e. The van der Waals surface area contributed by atoms with Crippen molar-refractivity contribution >= 4 is 17.7 Å². The second kappa shape index (κ2) is 8.40. The van der Waals surface area contributed by atoms with Crippen molar-refractivity contribution in [3.8, 4) is 0 Å². The standard InChI is InChI=1S/C24H33N3O3/c1-27(2)22(29)20-5-3-16(4-6-20)15-26-21(28)7-8-25-23(30)24-12-17-9-18(13-24)11-19(10-17)14-24/h3-6,17-19H,7-15H2,1-2H3,(H,25,30)(H,26,28). The van der Waals surface area contributed by atoms with E-state index in [-0.39, 0.29) is 29.6 Å². The van der Waals surface area contributed by atoms with E-state index in [1.54, 1.807) is 26.2 Å². The van der Waals surface area contributed by atoms with Crippen LogP contribution in [0, 0.1) is 23.2 Å². The molecule has 0 radical (unpaired) electrons. The molecule has 6 nitrogen and oxygen atoms in total. The lowest BCUT2D eigenvalue weighted by Crippen LogP contribution is -2.53. The van der Waals surface area contributed by atoms with Gasteiger partial charge >= 0.3 is 0 Å². The van der Waals surface area contributed by atoms with Crippen molar-refractivity contribution in [3.63, 3.8) is 0 Å². The Bertz CT molecular complexity index is 780. The lowest BCUT2D eigenvalue weighted by atomic mass is 9.49. The third-order valence-electron chi connectivity index (χ3n) is 7.25. The zero-order chi connectivity index (χ0) is 21.3. The highest BCUT2D eigenvalue weighted by molar-refractivity contribution is 5.93. The fourth-order valence-corrected chi connectivity index (χ4v) is 6.18. The van der Waals surface area contributed by atoms with Gasteiger partial charge in [-0.1, -0.05) is 12.1 Å². The van der Waals surface area contributed by atoms with Crippen molar-refractivity contribution in [2.24, 2.45) is 23.2 Å². The third kappa shape index (κ3) is 4.37. The summed E-state index contributed by atoms with van der Waals surface area (Å²) in [6.07, 6.45) is 7.38. The molecule has 4 aliphatic rings. The molecule has 6 heteroatoms. The number of rotatable bonds is 7. The fraction of sp³-hybridized carbons (Fsp3) is 0.625. The van der Waals surface area contributed by atoms with E-state index in [1.165, 1.54) is 24.2 Å². The Morgan fingerprint density at radius 1 is 0.933 bits per heavy atom. The topological polar surface area (TPSA) is 78.5 Å². The molecule has 0 unspecified atom stereocenters. The number of amides is 3. The molecule has 4 bridgehead atoms. The minimum atomic E-state index is -0.156. The van der Waals surface area contributed by atoms with Crippen LogP contribution in [0.4, 0.5) is 0 Å². The van der Waals surface area contributed by atoms with E-state index in [9.17, 15) is 14.4 Å². The van der Waals surface area contributed by atoms with Crippen molar-refractivity contribution in [1.29, 1.82) is 0 Å². The number of benzene rings is 1. The minimum absolute atomic E-state index is 0.0413. The van der Waals surface area contributed by atoms with E-state index in [4.69, 9.17) is 0 Å². The first-order valence-corrected chi connectivity index (χ1v) is 11.2. The lowest BCUT2D eigenvalue weighted by Gasteiger charge is -2.55. The van der Waals surface area contributed by atoms with Crippen LogP contribution in [-0.4, -0.2) is 43.3 Å². The predicted octanol–water partition coefficient (Wildman–Crippen LogP) is 2.73. The molecule has 1 aromatic rings. The molecular formula is C24H33N3O3. The largest absolute Gasteiger partial charge is 0.355 e. The molecule has 0 saturated heterocycles. The molecule has 4 saturated carbocycles. The van der Waals surface area contributed by atoms with Crippen LogP contribution in [0.3, 0.4) is 0 Å². The SMILES string of the molecule is CN(C)C(=O)c1ccc(CNC(=O)CCNC(=O)C23CC4CC(CC(C4)C2)C3)cc1. The lowest BCUT2D eigenvalue weighted by molar-refractivity contribution is -0.146. The van der Waals surface area contributed by atoms with Gasteiger partial charge in [0.1, 0.15) is 0 Å². The number of hydrogen-bond acceptors (Lipinski definition) is 3. The van der Waals surface area contributed by atoms with E-state index < -0.39 is 0 Å². The number of carbonyl (C=O) groups is 3. The van der Waals surface area contributed by atoms with Crippen molar-refractivity contribution in [2.75, 3.05) is 20.6 Å². The Balaban J connectivity index is 1.19. The monoisotopic (exact) mass is 411 g/mol. The van der Waals surface area contributed by atoms with Crippen LogP contribution in [0.5, 0.6) is 0 Å². The fourth-order valence-electron chi connectivity index (χ4n) is 6.18. The Hall–Kier alpha value is -2.37. The minimum Gasteiger partial charge on any atom is -0.355 e. The molecule has 162 valence electrons. The van der Waals surface area contributed by atoms with Gasteiger partial charge in [0.05, 0.1) is 0 Å². The Morgan fingerprint density at radius 3 is 2.03 bits per heavy atom. The summed E-state index contributed by atoms with van der Waals surface area (Å²) in [7, 11) is 3.44. The molecule has 0 heterocycles. The maximum Gasteiger partial charge on any atom is 0.253 e. The van der Waals surface area contributed by atoms with Crippen molar-refractivity contribution in [1.82, 2.24) is 15.5 Å². The summed E-state index contributed by atoms with van der Waals surface area (Å²) in [5, 5.41) is 5.95. The van der Waals surface area contributed by atoms with Crippen molar-refractivity contribution in [3.05, 3.63) is 35.4 Å². The molecule has 4 aliphatic carbocycles. The van der Waals surface area contributed by atoms with Gasteiger partial charge in [0.2, 0.25) is 11.8 Å².